The standard InChI is InChI=1S/C12H17N.C4H8O2/c13-12-8-6-11(7-9-12)10-4-2-1-3-5-10;1-3-6-4(2)5/h6-10H,1-5,13H2;3H2,1-2H3. The summed E-state index contributed by atoms with van der Waals surface area (Å²) in [6.07, 6.45) is 6.95. The maximum absolute atomic E-state index is 9.82. The minimum Gasteiger partial charge on any atom is -0.466 e. The molecule has 3 nitrogen and oxygen atoms in total. The Kier molecular flexibility index (Phi) is 7.01. The van der Waals surface area contributed by atoms with E-state index in [0.29, 0.717) is 6.61 Å². The first-order chi connectivity index (χ1) is 9.13. The lowest BCUT2D eigenvalue weighted by Crippen LogP contribution is -2.04. The van der Waals surface area contributed by atoms with Crippen LogP contribution in [0.2, 0.25) is 0 Å². The molecule has 0 bridgehead atoms. The summed E-state index contributed by atoms with van der Waals surface area (Å²) in [5.74, 6) is 0.590. The highest BCUT2D eigenvalue weighted by Gasteiger charge is 2.14. The Morgan fingerprint density at radius 3 is 2.21 bits per heavy atom. The lowest BCUT2D eigenvalue weighted by molar-refractivity contribution is -0.140. The van der Waals surface area contributed by atoms with Crippen molar-refractivity contribution in [3.8, 4) is 0 Å². The van der Waals surface area contributed by atoms with Crippen LogP contribution >= 0.6 is 0 Å². The first-order valence-corrected chi connectivity index (χ1v) is 7.12. The van der Waals surface area contributed by atoms with Crippen LogP contribution in [0.1, 0.15) is 57.4 Å². The van der Waals surface area contributed by atoms with Crippen LogP contribution < -0.4 is 5.73 Å². The van der Waals surface area contributed by atoms with Crippen molar-refractivity contribution in [3.05, 3.63) is 29.8 Å². The van der Waals surface area contributed by atoms with E-state index in [4.69, 9.17) is 5.73 Å². The first-order valence-electron chi connectivity index (χ1n) is 7.12. The van der Waals surface area contributed by atoms with Crippen LogP contribution in [0, 0.1) is 0 Å². The molecule has 0 spiro atoms. The van der Waals surface area contributed by atoms with E-state index in [0.717, 1.165) is 11.6 Å². The number of rotatable bonds is 2. The van der Waals surface area contributed by atoms with Gasteiger partial charge < -0.3 is 10.5 Å². The number of hydrogen-bond acceptors (Lipinski definition) is 3. The van der Waals surface area contributed by atoms with Crippen LogP contribution in [-0.2, 0) is 9.53 Å². The molecule has 2 N–H and O–H groups in total. The van der Waals surface area contributed by atoms with Crippen molar-refractivity contribution in [2.24, 2.45) is 0 Å². The molecule has 1 aliphatic rings. The van der Waals surface area contributed by atoms with Gasteiger partial charge in [-0.15, -0.1) is 0 Å². The summed E-state index contributed by atoms with van der Waals surface area (Å²) in [4.78, 5) is 9.82. The minimum absolute atomic E-state index is 0.211. The topological polar surface area (TPSA) is 52.3 Å². The molecular weight excluding hydrogens is 238 g/mol. The Morgan fingerprint density at radius 1 is 1.21 bits per heavy atom. The molecule has 1 fully saturated rings. The maximum Gasteiger partial charge on any atom is 0.302 e. The Hall–Kier alpha value is -1.51. The van der Waals surface area contributed by atoms with Gasteiger partial charge in [0.15, 0.2) is 0 Å². The number of esters is 1. The number of anilines is 1. The lowest BCUT2D eigenvalue weighted by Gasteiger charge is -2.21. The molecule has 2 rings (SSSR count). The Balaban J connectivity index is 0.000000258. The third-order valence-corrected chi connectivity index (χ3v) is 3.36. The summed E-state index contributed by atoms with van der Waals surface area (Å²) in [6.45, 7) is 3.65. The highest BCUT2D eigenvalue weighted by atomic mass is 16.5. The number of nitrogens with two attached hydrogens (primary N) is 1. The summed E-state index contributed by atoms with van der Waals surface area (Å²) in [6, 6.07) is 8.41. The fourth-order valence-corrected chi connectivity index (χ4v) is 2.41. The average Bonchev–Trinajstić information content (AvgIpc) is 2.41. The van der Waals surface area contributed by atoms with Crippen molar-refractivity contribution in [1.29, 1.82) is 0 Å². The summed E-state index contributed by atoms with van der Waals surface area (Å²) in [7, 11) is 0. The Morgan fingerprint density at radius 2 is 1.79 bits per heavy atom. The molecule has 1 aromatic rings. The smallest absolute Gasteiger partial charge is 0.302 e. The summed E-state index contributed by atoms with van der Waals surface area (Å²) in [5, 5.41) is 0. The van der Waals surface area contributed by atoms with Gasteiger partial charge in [0, 0.05) is 12.6 Å². The molecule has 1 aliphatic carbocycles. The maximum atomic E-state index is 9.82. The molecule has 1 saturated carbocycles. The molecular formula is C16H25NO2. The van der Waals surface area contributed by atoms with Crippen LogP contribution in [0.4, 0.5) is 5.69 Å². The van der Waals surface area contributed by atoms with Crippen molar-refractivity contribution in [3.63, 3.8) is 0 Å². The number of hydrogen-bond donors (Lipinski definition) is 1. The van der Waals surface area contributed by atoms with Crippen molar-refractivity contribution in [1.82, 2.24) is 0 Å². The minimum atomic E-state index is -0.211. The largest absolute Gasteiger partial charge is 0.466 e. The van der Waals surface area contributed by atoms with E-state index >= 15 is 0 Å². The molecule has 19 heavy (non-hydrogen) atoms. The molecule has 0 saturated heterocycles. The van der Waals surface area contributed by atoms with Gasteiger partial charge in [-0.3, -0.25) is 4.79 Å². The van der Waals surface area contributed by atoms with Gasteiger partial charge in [0.25, 0.3) is 0 Å². The third-order valence-electron chi connectivity index (χ3n) is 3.36. The van der Waals surface area contributed by atoms with Gasteiger partial charge in [-0.25, -0.2) is 0 Å². The quantitative estimate of drug-likeness (QED) is 0.650. The molecule has 0 atom stereocenters. The molecule has 0 unspecified atom stereocenters. The predicted octanol–water partition coefficient (Wildman–Crippen LogP) is 3.89. The van der Waals surface area contributed by atoms with Gasteiger partial charge in [0.1, 0.15) is 0 Å². The fraction of sp³-hybridized carbons (Fsp3) is 0.562. The lowest BCUT2D eigenvalue weighted by atomic mass is 9.84. The van der Waals surface area contributed by atoms with Crippen LogP contribution in [0.15, 0.2) is 24.3 Å². The van der Waals surface area contributed by atoms with Gasteiger partial charge in [0.05, 0.1) is 6.61 Å². The van der Waals surface area contributed by atoms with Crippen molar-refractivity contribution < 1.29 is 9.53 Å². The second-order valence-electron chi connectivity index (χ2n) is 4.93. The number of benzene rings is 1. The van der Waals surface area contributed by atoms with Gasteiger partial charge in [-0.2, -0.15) is 0 Å². The second-order valence-corrected chi connectivity index (χ2v) is 4.93. The van der Waals surface area contributed by atoms with E-state index in [-0.39, 0.29) is 5.97 Å². The molecule has 106 valence electrons. The number of carbonyl (C=O) groups is 1. The highest BCUT2D eigenvalue weighted by molar-refractivity contribution is 5.65. The SMILES string of the molecule is CCOC(C)=O.Nc1ccc(C2CCCCC2)cc1. The van der Waals surface area contributed by atoms with Gasteiger partial charge in [-0.05, 0) is 43.4 Å². The number of ether oxygens (including phenoxy) is 1. The molecule has 3 heteroatoms. The van der Waals surface area contributed by atoms with E-state index in [2.05, 4.69) is 16.9 Å². The molecule has 1 aromatic carbocycles. The number of carbonyl (C=O) groups excluding carboxylic acids is 1. The molecule has 0 aromatic heterocycles. The average molecular weight is 263 g/mol. The Labute approximate surface area is 116 Å². The van der Waals surface area contributed by atoms with Gasteiger partial charge in [0.2, 0.25) is 0 Å². The zero-order chi connectivity index (χ0) is 14.1. The van der Waals surface area contributed by atoms with Crippen LogP contribution in [0.25, 0.3) is 0 Å². The zero-order valence-corrected chi connectivity index (χ0v) is 12.0. The first kappa shape index (κ1) is 15.5. The van der Waals surface area contributed by atoms with Crippen LogP contribution in [0.3, 0.4) is 0 Å². The predicted molar refractivity (Wildman–Crippen MR) is 79.0 cm³/mol. The molecule has 0 radical (unpaired) electrons. The normalized spacial score (nSPS) is 15.3. The highest BCUT2D eigenvalue weighted by Crippen LogP contribution is 2.32. The Bertz CT molecular complexity index is 367. The van der Waals surface area contributed by atoms with E-state index in [1.807, 2.05) is 12.1 Å². The van der Waals surface area contributed by atoms with E-state index in [9.17, 15) is 4.79 Å². The zero-order valence-electron chi connectivity index (χ0n) is 12.0. The number of nitrogen functional groups attached to an aromatic ring is 1. The molecule has 0 heterocycles. The van der Waals surface area contributed by atoms with E-state index in [1.54, 1.807) is 6.92 Å². The summed E-state index contributed by atoms with van der Waals surface area (Å²) >= 11 is 0. The van der Waals surface area contributed by atoms with Gasteiger partial charge >= 0.3 is 5.97 Å². The van der Waals surface area contributed by atoms with Crippen molar-refractivity contribution >= 4 is 11.7 Å². The van der Waals surface area contributed by atoms with Crippen molar-refractivity contribution in [2.75, 3.05) is 12.3 Å². The van der Waals surface area contributed by atoms with Crippen LogP contribution in [-0.4, -0.2) is 12.6 Å². The second kappa shape index (κ2) is 8.57. The third kappa shape index (κ3) is 6.27. The molecule has 0 aliphatic heterocycles. The van der Waals surface area contributed by atoms with E-state index in [1.165, 1.54) is 44.6 Å². The summed E-state index contributed by atoms with van der Waals surface area (Å²) < 4.78 is 4.40. The fourth-order valence-electron chi connectivity index (χ4n) is 2.41. The van der Waals surface area contributed by atoms with Gasteiger partial charge in [-0.1, -0.05) is 31.4 Å². The van der Waals surface area contributed by atoms with Crippen LogP contribution in [0.5, 0.6) is 0 Å². The molecule has 0 amide bonds. The monoisotopic (exact) mass is 263 g/mol. The summed E-state index contributed by atoms with van der Waals surface area (Å²) in [5.41, 5.74) is 8.01. The van der Waals surface area contributed by atoms with Crippen molar-refractivity contribution in [2.45, 2.75) is 51.9 Å². The van der Waals surface area contributed by atoms with E-state index < -0.39 is 0 Å².